The van der Waals surface area contributed by atoms with Crippen LogP contribution in [0.3, 0.4) is 0 Å². The summed E-state index contributed by atoms with van der Waals surface area (Å²) in [4.78, 5) is 26.9. The SMILES string of the molecule is CCOc1ccc(C2(CNC(=O)C3CCN(C(=O)OC(C)(C)C)CC3)CCOCC2)cc1. The highest BCUT2D eigenvalue weighted by Crippen LogP contribution is 2.35. The normalized spacial score (nSPS) is 19.3. The Bertz CT molecular complexity index is 758. The largest absolute Gasteiger partial charge is 0.494 e. The molecule has 2 heterocycles. The van der Waals surface area contributed by atoms with Gasteiger partial charge in [0.15, 0.2) is 0 Å². The number of likely N-dealkylation sites (tertiary alicyclic amines) is 1. The predicted molar refractivity (Wildman–Crippen MR) is 123 cm³/mol. The summed E-state index contributed by atoms with van der Waals surface area (Å²) in [6.07, 6.45) is 2.76. The van der Waals surface area contributed by atoms with E-state index in [9.17, 15) is 9.59 Å². The molecule has 1 N–H and O–H groups in total. The zero-order valence-electron chi connectivity index (χ0n) is 19.9. The lowest BCUT2D eigenvalue weighted by Gasteiger charge is -2.39. The first-order chi connectivity index (χ1) is 15.2. The quantitative estimate of drug-likeness (QED) is 0.717. The zero-order chi connectivity index (χ0) is 23.2. The first-order valence-corrected chi connectivity index (χ1v) is 11.8. The highest BCUT2D eigenvalue weighted by atomic mass is 16.6. The van der Waals surface area contributed by atoms with Crippen LogP contribution in [0, 0.1) is 5.92 Å². The second-order valence-electron chi connectivity index (χ2n) is 9.81. The van der Waals surface area contributed by atoms with E-state index in [1.165, 1.54) is 5.56 Å². The molecule has 0 saturated carbocycles. The molecule has 178 valence electrons. The number of nitrogens with zero attached hydrogens (tertiary/aromatic N) is 1. The van der Waals surface area contributed by atoms with Crippen molar-refractivity contribution in [1.82, 2.24) is 10.2 Å². The molecule has 7 nitrogen and oxygen atoms in total. The van der Waals surface area contributed by atoms with Crippen molar-refractivity contribution < 1.29 is 23.8 Å². The Hall–Kier alpha value is -2.28. The van der Waals surface area contributed by atoms with Gasteiger partial charge in [-0.1, -0.05) is 12.1 Å². The number of ether oxygens (including phenoxy) is 3. The van der Waals surface area contributed by atoms with E-state index in [0.29, 0.717) is 52.3 Å². The van der Waals surface area contributed by atoms with Gasteiger partial charge in [0, 0.05) is 44.2 Å². The van der Waals surface area contributed by atoms with Crippen molar-refractivity contribution in [1.29, 1.82) is 0 Å². The summed E-state index contributed by atoms with van der Waals surface area (Å²) in [7, 11) is 0. The van der Waals surface area contributed by atoms with Crippen LogP contribution in [0.2, 0.25) is 0 Å². The number of hydrogen-bond donors (Lipinski definition) is 1. The van der Waals surface area contributed by atoms with Gasteiger partial charge in [0.05, 0.1) is 6.61 Å². The summed E-state index contributed by atoms with van der Waals surface area (Å²) < 4.78 is 16.6. The summed E-state index contributed by atoms with van der Waals surface area (Å²) in [6, 6.07) is 8.23. The van der Waals surface area contributed by atoms with E-state index in [0.717, 1.165) is 18.6 Å². The minimum atomic E-state index is -0.510. The Morgan fingerprint density at radius 2 is 1.75 bits per heavy atom. The Labute approximate surface area is 191 Å². The van der Waals surface area contributed by atoms with Crippen molar-refractivity contribution in [2.45, 2.75) is 64.4 Å². The molecule has 0 unspecified atom stereocenters. The maximum Gasteiger partial charge on any atom is 0.410 e. The highest BCUT2D eigenvalue weighted by Gasteiger charge is 2.36. The average molecular weight is 447 g/mol. The number of nitrogens with one attached hydrogen (secondary N) is 1. The third-order valence-electron chi connectivity index (χ3n) is 6.35. The van der Waals surface area contributed by atoms with E-state index in [2.05, 4.69) is 17.4 Å². The topological polar surface area (TPSA) is 77.1 Å². The van der Waals surface area contributed by atoms with Crippen LogP contribution in [-0.2, 0) is 19.7 Å². The molecule has 0 aliphatic carbocycles. The van der Waals surface area contributed by atoms with Crippen LogP contribution in [0.5, 0.6) is 5.75 Å². The van der Waals surface area contributed by atoms with Crippen molar-refractivity contribution in [2.24, 2.45) is 5.92 Å². The molecule has 2 fully saturated rings. The van der Waals surface area contributed by atoms with Gasteiger partial charge in [-0.3, -0.25) is 4.79 Å². The fourth-order valence-electron chi connectivity index (χ4n) is 4.45. The summed E-state index contributed by atoms with van der Waals surface area (Å²) in [5.41, 5.74) is 0.573. The number of carbonyl (C=O) groups excluding carboxylic acids is 2. The number of piperidine rings is 1. The molecule has 2 aliphatic heterocycles. The fraction of sp³-hybridized carbons (Fsp3) is 0.680. The Morgan fingerprint density at radius 3 is 2.31 bits per heavy atom. The first kappa shape index (κ1) is 24.4. The maximum atomic E-state index is 13.0. The molecule has 0 aromatic heterocycles. The first-order valence-electron chi connectivity index (χ1n) is 11.8. The second kappa shape index (κ2) is 10.6. The van der Waals surface area contributed by atoms with Crippen LogP contribution < -0.4 is 10.1 Å². The third-order valence-corrected chi connectivity index (χ3v) is 6.35. The lowest BCUT2D eigenvalue weighted by Crippen LogP contribution is -2.48. The van der Waals surface area contributed by atoms with Crippen molar-refractivity contribution in [3.05, 3.63) is 29.8 Å². The number of hydrogen-bond acceptors (Lipinski definition) is 5. The molecular weight excluding hydrogens is 408 g/mol. The number of rotatable bonds is 6. The molecule has 3 rings (SSSR count). The molecule has 1 aromatic carbocycles. The molecule has 2 saturated heterocycles. The van der Waals surface area contributed by atoms with Crippen LogP contribution >= 0.6 is 0 Å². The molecule has 0 radical (unpaired) electrons. The van der Waals surface area contributed by atoms with Crippen LogP contribution in [-0.4, -0.2) is 62.0 Å². The molecule has 7 heteroatoms. The number of amides is 2. The van der Waals surface area contributed by atoms with E-state index in [-0.39, 0.29) is 23.3 Å². The van der Waals surface area contributed by atoms with Crippen LogP contribution in [0.4, 0.5) is 4.79 Å². The zero-order valence-corrected chi connectivity index (χ0v) is 19.9. The molecular formula is C25H38N2O5. The monoisotopic (exact) mass is 446 g/mol. The summed E-state index contributed by atoms with van der Waals surface area (Å²) in [5.74, 6) is 0.857. The Morgan fingerprint density at radius 1 is 1.12 bits per heavy atom. The van der Waals surface area contributed by atoms with E-state index >= 15 is 0 Å². The van der Waals surface area contributed by atoms with Gasteiger partial charge in [-0.25, -0.2) is 4.79 Å². The van der Waals surface area contributed by atoms with Gasteiger partial charge in [0.2, 0.25) is 5.91 Å². The lowest BCUT2D eigenvalue weighted by molar-refractivity contribution is -0.127. The van der Waals surface area contributed by atoms with Gasteiger partial charge in [0.25, 0.3) is 0 Å². The highest BCUT2D eigenvalue weighted by molar-refractivity contribution is 5.79. The van der Waals surface area contributed by atoms with Crippen molar-refractivity contribution >= 4 is 12.0 Å². The van der Waals surface area contributed by atoms with Gasteiger partial charge in [0.1, 0.15) is 11.4 Å². The van der Waals surface area contributed by atoms with Gasteiger partial charge in [-0.05, 0) is 71.1 Å². The van der Waals surface area contributed by atoms with Crippen molar-refractivity contribution in [3.8, 4) is 5.75 Å². The molecule has 0 atom stereocenters. The molecule has 2 aliphatic rings. The van der Waals surface area contributed by atoms with Gasteiger partial charge in [-0.15, -0.1) is 0 Å². The summed E-state index contributed by atoms with van der Waals surface area (Å²) in [5, 5.41) is 3.22. The van der Waals surface area contributed by atoms with Gasteiger partial charge in [-0.2, -0.15) is 0 Å². The predicted octanol–water partition coefficient (Wildman–Crippen LogP) is 3.90. The van der Waals surface area contributed by atoms with Crippen molar-refractivity contribution in [2.75, 3.05) is 39.5 Å². The minimum Gasteiger partial charge on any atom is -0.494 e. The Kier molecular flexibility index (Phi) is 8.04. The number of carbonyl (C=O) groups is 2. The smallest absolute Gasteiger partial charge is 0.410 e. The summed E-state index contributed by atoms with van der Waals surface area (Å²) >= 11 is 0. The van der Waals surface area contributed by atoms with E-state index in [4.69, 9.17) is 14.2 Å². The van der Waals surface area contributed by atoms with Gasteiger partial charge < -0.3 is 24.4 Å². The second-order valence-corrected chi connectivity index (χ2v) is 9.81. The van der Waals surface area contributed by atoms with E-state index in [1.54, 1.807) is 4.90 Å². The third kappa shape index (κ3) is 6.37. The van der Waals surface area contributed by atoms with Crippen LogP contribution in [0.1, 0.15) is 58.9 Å². The molecule has 32 heavy (non-hydrogen) atoms. The van der Waals surface area contributed by atoms with E-state index < -0.39 is 5.60 Å². The molecule has 0 bridgehead atoms. The molecule has 1 aromatic rings. The fourth-order valence-corrected chi connectivity index (χ4v) is 4.45. The number of benzene rings is 1. The maximum absolute atomic E-state index is 13.0. The van der Waals surface area contributed by atoms with Crippen LogP contribution in [0.15, 0.2) is 24.3 Å². The van der Waals surface area contributed by atoms with E-state index in [1.807, 2.05) is 39.8 Å². The summed E-state index contributed by atoms with van der Waals surface area (Å²) in [6.45, 7) is 11.3. The Balaban J connectivity index is 1.56. The van der Waals surface area contributed by atoms with Crippen LogP contribution in [0.25, 0.3) is 0 Å². The van der Waals surface area contributed by atoms with Gasteiger partial charge >= 0.3 is 6.09 Å². The standard InChI is InChI=1S/C25H38N2O5/c1-5-31-21-8-6-20(7-9-21)25(12-16-30-17-13-25)18-26-22(28)19-10-14-27(15-11-19)23(29)32-24(2,3)4/h6-9,19H,5,10-18H2,1-4H3,(H,26,28). The average Bonchev–Trinajstić information content (AvgIpc) is 2.78. The molecule has 0 spiro atoms. The minimum absolute atomic E-state index is 0.0747. The lowest BCUT2D eigenvalue weighted by atomic mass is 9.74. The van der Waals surface area contributed by atoms with Crippen molar-refractivity contribution in [3.63, 3.8) is 0 Å². The molecule has 2 amide bonds.